The maximum atomic E-state index is 5.66. The Kier molecular flexibility index (Phi) is 6.25. The van der Waals surface area contributed by atoms with Gasteiger partial charge in [0.15, 0.2) is 0 Å². The van der Waals surface area contributed by atoms with Crippen molar-refractivity contribution < 1.29 is 4.74 Å². The number of hydrogen-bond acceptors (Lipinski definition) is 1. The fourth-order valence-corrected chi connectivity index (χ4v) is 2.51. The second-order valence-corrected chi connectivity index (χ2v) is 4.59. The SMILES string of the molecule is CCCCCC1CCC(OCC)CC1. The van der Waals surface area contributed by atoms with Crippen LogP contribution in [0.15, 0.2) is 0 Å². The molecule has 1 saturated carbocycles. The van der Waals surface area contributed by atoms with Crippen LogP contribution in [0, 0.1) is 5.92 Å². The number of ether oxygens (including phenoxy) is 1. The minimum Gasteiger partial charge on any atom is -0.379 e. The highest BCUT2D eigenvalue weighted by molar-refractivity contribution is 4.72. The van der Waals surface area contributed by atoms with E-state index < -0.39 is 0 Å². The molecule has 1 fully saturated rings. The lowest BCUT2D eigenvalue weighted by Crippen LogP contribution is -2.21. The van der Waals surface area contributed by atoms with Crippen molar-refractivity contribution in [1.29, 1.82) is 0 Å². The lowest BCUT2D eigenvalue weighted by atomic mass is 9.84. The first-order chi connectivity index (χ1) is 6.86. The summed E-state index contributed by atoms with van der Waals surface area (Å²) < 4.78 is 5.66. The first-order valence-corrected chi connectivity index (χ1v) is 6.48. The highest BCUT2D eigenvalue weighted by Crippen LogP contribution is 2.29. The van der Waals surface area contributed by atoms with E-state index in [9.17, 15) is 0 Å². The van der Waals surface area contributed by atoms with Gasteiger partial charge < -0.3 is 4.74 Å². The second kappa shape index (κ2) is 7.28. The molecule has 0 spiro atoms. The number of rotatable bonds is 6. The second-order valence-electron chi connectivity index (χ2n) is 4.59. The van der Waals surface area contributed by atoms with E-state index in [2.05, 4.69) is 13.8 Å². The molecule has 84 valence electrons. The molecule has 14 heavy (non-hydrogen) atoms. The van der Waals surface area contributed by atoms with Crippen LogP contribution in [0.1, 0.15) is 65.2 Å². The Labute approximate surface area is 89.2 Å². The van der Waals surface area contributed by atoms with Gasteiger partial charge in [0.2, 0.25) is 0 Å². The first-order valence-electron chi connectivity index (χ1n) is 6.48. The van der Waals surface area contributed by atoms with Gasteiger partial charge in [-0.3, -0.25) is 0 Å². The van der Waals surface area contributed by atoms with Crippen LogP contribution in [0.5, 0.6) is 0 Å². The lowest BCUT2D eigenvalue weighted by Gasteiger charge is -2.28. The molecule has 0 aromatic rings. The molecule has 1 rings (SSSR count). The van der Waals surface area contributed by atoms with Gasteiger partial charge in [-0.25, -0.2) is 0 Å². The summed E-state index contributed by atoms with van der Waals surface area (Å²) in [6.07, 6.45) is 11.7. The van der Waals surface area contributed by atoms with Gasteiger partial charge in [0, 0.05) is 6.61 Å². The molecule has 0 heterocycles. The van der Waals surface area contributed by atoms with Crippen molar-refractivity contribution in [2.24, 2.45) is 5.92 Å². The topological polar surface area (TPSA) is 9.23 Å². The molecule has 1 aliphatic carbocycles. The van der Waals surface area contributed by atoms with Gasteiger partial charge in [0.1, 0.15) is 0 Å². The van der Waals surface area contributed by atoms with Gasteiger partial charge in [0.25, 0.3) is 0 Å². The maximum Gasteiger partial charge on any atom is 0.0575 e. The highest BCUT2D eigenvalue weighted by atomic mass is 16.5. The van der Waals surface area contributed by atoms with E-state index in [4.69, 9.17) is 4.74 Å². The van der Waals surface area contributed by atoms with E-state index in [-0.39, 0.29) is 0 Å². The summed E-state index contributed by atoms with van der Waals surface area (Å²) in [5.74, 6) is 1.01. The Morgan fingerprint density at radius 2 is 1.71 bits per heavy atom. The van der Waals surface area contributed by atoms with Crippen LogP contribution in [0.3, 0.4) is 0 Å². The smallest absolute Gasteiger partial charge is 0.0575 e. The molecule has 0 bridgehead atoms. The van der Waals surface area contributed by atoms with Crippen LogP contribution in [-0.2, 0) is 4.74 Å². The maximum absolute atomic E-state index is 5.66. The molecule has 0 radical (unpaired) electrons. The van der Waals surface area contributed by atoms with Crippen LogP contribution in [0.4, 0.5) is 0 Å². The molecule has 0 amide bonds. The average Bonchev–Trinajstić information content (AvgIpc) is 2.21. The van der Waals surface area contributed by atoms with Crippen LogP contribution >= 0.6 is 0 Å². The average molecular weight is 198 g/mol. The van der Waals surface area contributed by atoms with Gasteiger partial charge in [0.05, 0.1) is 6.10 Å². The zero-order chi connectivity index (χ0) is 10.2. The summed E-state index contributed by atoms with van der Waals surface area (Å²) >= 11 is 0. The van der Waals surface area contributed by atoms with Crippen molar-refractivity contribution in [3.05, 3.63) is 0 Å². The third-order valence-electron chi connectivity index (χ3n) is 3.41. The van der Waals surface area contributed by atoms with E-state index in [0.717, 1.165) is 12.5 Å². The van der Waals surface area contributed by atoms with Gasteiger partial charge in [-0.2, -0.15) is 0 Å². The molecule has 0 aromatic carbocycles. The molecular weight excluding hydrogens is 172 g/mol. The van der Waals surface area contributed by atoms with Crippen molar-refractivity contribution in [2.45, 2.75) is 71.3 Å². The van der Waals surface area contributed by atoms with Crippen LogP contribution < -0.4 is 0 Å². The van der Waals surface area contributed by atoms with E-state index in [1.54, 1.807) is 0 Å². The van der Waals surface area contributed by atoms with Gasteiger partial charge in [-0.05, 0) is 38.5 Å². The largest absolute Gasteiger partial charge is 0.379 e. The standard InChI is InChI=1S/C13H26O/c1-3-5-6-7-12-8-10-13(11-9-12)14-4-2/h12-13H,3-11H2,1-2H3. The summed E-state index contributed by atoms with van der Waals surface area (Å²) in [7, 11) is 0. The Morgan fingerprint density at radius 1 is 1.00 bits per heavy atom. The summed E-state index contributed by atoms with van der Waals surface area (Å²) in [6, 6.07) is 0. The monoisotopic (exact) mass is 198 g/mol. The molecule has 0 N–H and O–H groups in total. The minimum atomic E-state index is 0.586. The lowest BCUT2D eigenvalue weighted by molar-refractivity contribution is 0.0245. The predicted octanol–water partition coefficient (Wildman–Crippen LogP) is 4.16. The van der Waals surface area contributed by atoms with Crippen molar-refractivity contribution in [2.75, 3.05) is 6.61 Å². The van der Waals surface area contributed by atoms with Crippen molar-refractivity contribution >= 4 is 0 Å². The summed E-state index contributed by atoms with van der Waals surface area (Å²) in [4.78, 5) is 0. The van der Waals surface area contributed by atoms with Crippen LogP contribution in [0.2, 0.25) is 0 Å². The number of unbranched alkanes of at least 4 members (excludes halogenated alkanes) is 2. The fourth-order valence-electron chi connectivity index (χ4n) is 2.51. The van der Waals surface area contributed by atoms with E-state index in [1.807, 2.05) is 0 Å². The minimum absolute atomic E-state index is 0.586. The molecule has 1 heteroatoms. The molecule has 0 atom stereocenters. The predicted molar refractivity (Wildman–Crippen MR) is 61.5 cm³/mol. The molecule has 0 aromatic heterocycles. The van der Waals surface area contributed by atoms with E-state index in [1.165, 1.54) is 51.4 Å². The molecule has 0 unspecified atom stereocenters. The van der Waals surface area contributed by atoms with Crippen molar-refractivity contribution in [3.8, 4) is 0 Å². The molecule has 1 nitrogen and oxygen atoms in total. The summed E-state index contributed by atoms with van der Waals surface area (Å²) in [5.41, 5.74) is 0. The Balaban J connectivity index is 2.03. The normalized spacial score (nSPS) is 27.9. The highest BCUT2D eigenvalue weighted by Gasteiger charge is 2.20. The van der Waals surface area contributed by atoms with Crippen molar-refractivity contribution in [1.82, 2.24) is 0 Å². The third-order valence-corrected chi connectivity index (χ3v) is 3.41. The Hall–Kier alpha value is -0.0400. The molecule has 1 aliphatic rings. The molecular formula is C13H26O. The van der Waals surface area contributed by atoms with E-state index in [0.29, 0.717) is 6.10 Å². The van der Waals surface area contributed by atoms with Crippen LogP contribution in [-0.4, -0.2) is 12.7 Å². The first kappa shape index (κ1) is 12.0. The Morgan fingerprint density at radius 3 is 2.29 bits per heavy atom. The van der Waals surface area contributed by atoms with E-state index >= 15 is 0 Å². The summed E-state index contributed by atoms with van der Waals surface area (Å²) in [5, 5.41) is 0. The third kappa shape index (κ3) is 4.45. The van der Waals surface area contributed by atoms with Gasteiger partial charge in [-0.1, -0.05) is 32.6 Å². The van der Waals surface area contributed by atoms with Gasteiger partial charge >= 0.3 is 0 Å². The Bertz CT molecular complexity index is 125. The van der Waals surface area contributed by atoms with Crippen molar-refractivity contribution in [3.63, 3.8) is 0 Å². The van der Waals surface area contributed by atoms with Gasteiger partial charge in [-0.15, -0.1) is 0 Å². The quantitative estimate of drug-likeness (QED) is 0.582. The fraction of sp³-hybridized carbons (Fsp3) is 1.00. The zero-order valence-corrected chi connectivity index (χ0v) is 9.93. The number of hydrogen-bond donors (Lipinski definition) is 0. The molecule has 0 aliphatic heterocycles. The molecule has 0 saturated heterocycles. The summed E-state index contributed by atoms with van der Waals surface area (Å²) in [6.45, 7) is 5.28. The zero-order valence-electron chi connectivity index (χ0n) is 9.93. The van der Waals surface area contributed by atoms with Crippen LogP contribution in [0.25, 0.3) is 0 Å².